The molecule has 0 radical (unpaired) electrons. The van der Waals surface area contributed by atoms with Crippen LogP contribution in [0.2, 0.25) is 0 Å². The third kappa shape index (κ3) is 5.59. The molecule has 2 aliphatic rings. The summed E-state index contributed by atoms with van der Waals surface area (Å²) in [5.41, 5.74) is 0. The van der Waals surface area contributed by atoms with Gasteiger partial charge in [-0.25, -0.2) is 0 Å². The van der Waals surface area contributed by atoms with Crippen LogP contribution in [0, 0.1) is 11.8 Å². The highest BCUT2D eigenvalue weighted by Crippen LogP contribution is 2.19. The Hall–Kier alpha value is -0.610. The number of hydrogen-bond acceptors (Lipinski definition) is 3. The van der Waals surface area contributed by atoms with E-state index in [9.17, 15) is 4.79 Å². The lowest BCUT2D eigenvalue weighted by molar-refractivity contribution is -0.121. The number of nitrogens with zero attached hydrogens (tertiary/aromatic N) is 1. The maximum Gasteiger partial charge on any atom is 0.220 e. The summed E-state index contributed by atoms with van der Waals surface area (Å²) in [7, 11) is 0. The van der Waals surface area contributed by atoms with Crippen molar-refractivity contribution < 1.29 is 4.79 Å². The smallest absolute Gasteiger partial charge is 0.220 e. The van der Waals surface area contributed by atoms with Crippen LogP contribution in [0.5, 0.6) is 0 Å². The maximum absolute atomic E-state index is 12.1. The van der Waals surface area contributed by atoms with E-state index in [0.717, 1.165) is 32.0 Å². The Morgan fingerprint density at radius 3 is 2.52 bits per heavy atom. The molecule has 2 aliphatic heterocycles. The van der Waals surface area contributed by atoms with Gasteiger partial charge in [0.15, 0.2) is 0 Å². The fourth-order valence-electron chi connectivity index (χ4n) is 3.67. The second kappa shape index (κ2) is 8.74. The molecule has 1 amide bonds. The SMILES string of the molecule is CC(C)C(CNC(=O)CCC1CCNCC1)N1CCCC1. The van der Waals surface area contributed by atoms with Crippen molar-refractivity contribution in [2.24, 2.45) is 11.8 Å². The standard InChI is InChI=1S/C17H33N3O/c1-14(2)16(20-11-3-4-12-20)13-19-17(21)6-5-15-7-9-18-10-8-15/h14-16,18H,3-13H2,1-2H3,(H,19,21). The van der Waals surface area contributed by atoms with E-state index >= 15 is 0 Å². The zero-order valence-corrected chi connectivity index (χ0v) is 13.9. The molecular formula is C17H33N3O. The summed E-state index contributed by atoms with van der Waals surface area (Å²) in [6.07, 6.45) is 6.85. The lowest BCUT2D eigenvalue weighted by Crippen LogP contribution is -2.45. The van der Waals surface area contributed by atoms with Crippen molar-refractivity contribution in [2.75, 3.05) is 32.7 Å². The van der Waals surface area contributed by atoms with E-state index in [2.05, 4.69) is 29.4 Å². The monoisotopic (exact) mass is 295 g/mol. The molecule has 122 valence electrons. The molecule has 1 unspecified atom stereocenters. The number of amides is 1. The minimum atomic E-state index is 0.248. The van der Waals surface area contributed by atoms with Gasteiger partial charge >= 0.3 is 0 Å². The summed E-state index contributed by atoms with van der Waals surface area (Å²) >= 11 is 0. The summed E-state index contributed by atoms with van der Waals surface area (Å²) in [6.45, 7) is 10.0. The molecular weight excluding hydrogens is 262 g/mol. The first-order chi connectivity index (χ1) is 10.2. The molecule has 2 saturated heterocycles. The van der Waals surface area contributed by atoms with Crippen molar-refractivity contribution in [3.63, 3.8) is 0 Å². The van der Waals surface area contributed by atoms with Gasteiger partial charge in [-0.1, -0.05) is 13.8 Å². The average Bonchev–Trinajstić information content (AvgIpc) is 3.00. The van der Waals surface area contributed by atoms with Crippen LogP contribution < -0.4 is 10.6 Å². The summed E-state index contributed by atoms with van der Waals surface area (Å²) < 4.78 is 0. The number of carbonyl (C=O) groups is 1. The second-order valence-electron chi connectivity index (χ2n) is 7.09. The lowest BCUT2D eigenvalue weighted by atomic mass is 9.93. The zero-order valence-electron chi connectivity index (χ0n) is 13.9. The molecule has 2 N–H and O–H groups in total. The van der Waals surface area contributed by atoms with Gasteiger partial charge in [-0.2, -0.15) is 0 Å². The molecule has 2 rings (SSSR count). The minimum Gasteiger partial charge on any atom is -0.355 e. The molecule has 2 fully saturated rings. The molecule has 21 heavy (non-hydrogen) atoms. The van der Waals surface area contributed by atoms with E-state index < -0.39 is 0 Å². The quantitative estimate of drug-likeness (QED) is 0.755. The highest BCUT2D eigenvalue weighted by Gasteiger charge is 2.25. The Kier molecular flexibility index (Phi) is 6.97. The van der Waals surface area contributed by atoms with Gasteiger partial charge in [-0.05, 0) is 70.1 Å². The fourth-order valence-corrected chi connectivity index (χ4v) is 3.67. The Bertz CT molecular complexity index is 307. The van der Waals surface area contributed by atoms with Crippen LogP contribution in [0.3, 0.4) is 0 Å². The van der Waals surface area contributed by atoms with Crippen molar-refractivity contribution in [3.8, 4) is 0 Å². The first-order valence-corrected chi connectivity index (χ1v) is 8.88. The van der Waals surface area contributed by atoms with E-state index in [1.807, 2.05) is 0 Å². The van der Waals surface area contributed by atoms with Gasteiger partial charge in [0.25, 0.3) is 0 Å². The van der Waals surface area contributed by atoms with Gasteiger partial charge in [0.1, 0.15) is 0 Å². The predicted molar refractivity (Wildman–Crippen MR) is 87.3 cm³/mol. The Morgan fingerprint density at radius 2 is 1.90 bits per heavy atom. The van der Waals surface area contributed by atoms with Crippen LogP contribution in [-0.4, -0.2) is 49.6 Å². The number of nitrogens with one attached hydrogen (secondary N) is 2. The van der Waals surface area contributed by atoms with Gasteiger partial charge in [0.05, 0.1) is 0 Å². The predicted octanol–water partition coefficient (Wildman–Crippen LogP) is 2.00. The van der Waals surface area contributed by atoms with Crippen LogP contribution in [0.1, 0.15) is 52.4 Å². The van der Waals surface area contributed by atoms with Crippen LogP contribution in [0.25, 0.3) is 0 Å². The van der Waals surface area contributed by atoms with Gasteiger partial charge in [0, 0.05) is 19.0 Å². The minimum absolute atomic E-state index is 0.248. The number of carbonyl (C=O) groups excluding carboxylic acids is 1. The van der Waals surface area contributed by atoms with Crippen molar-refractivity contribution in [2.45, 2.75) is 58.4 Å². The van der Waals surface area contributed by atoms with E-state index in [4.69, 9.17) is 0 Å². The largest absolute Gasteiger partial charge is 0.355 e. The summed E-state index contributed by atoms with van der Waals surface area (Å²) in [4.78, 5) is 14.6. The summed E-state index contributed by atoms with van der Waals surface area (Å²) in [5.74, 6) is 1.60. The summed E-state index contributed by atoms with van der Waals surface area (Å²) in [6, 6.07) is 0.510. The molecule has 4 nitrogen and oxygen atoms in total. The third-order valence-corrected chi connectivity index (χ3v) is 5.13. The molecule has 0 aliphatic carbocycles. The highest BCUT2D eigenvalue weighted by molar-refractivity contribution is 5.75. The second-order valence-corrected chi connectivity index (χ2v) is 7.09. The van der Waals surface area contributed by atoms with Crippen molar-refractivity contribution in [1.82, 2.24) is 15.5 Å². The molecule has 0 aromatic heterocycles. The van der Waals surface area contributed by atoms with E-state index in [1.165, 1.54) is 38.8 Å². The van der Waals surface area contributed by atoms with Gasteiger partial charge in [-0.3, -0.25) is 9.69 Å². The van der Waals surface area contributed by atoms with Gasteiger partial charge in [-0.15, -0.1) is 0 Å². The van der Waals surface area contributed by atoms with Crippen molar-refractivity contribution in [3.05, 3.63) is 0 Å². The van der Waals surface area contributed by atoms with E-state index in [0.29, 0.717) is 18.4 Å². The Labute approximate surface area is 130 Å². The van der Waals surface area contributed by atoms with Crippen LogP contribution in [0.15, 0.2) is 0 Å². The lowest BCUT2D eigenvalue weighted by Gasteiger charge is -2.31. The zero-order chi connectivity index (χ0) is 15.1. The number of likely N-dealkylation sites (tertiary alicyclic amines) is 1. The molecule has 0 bridgehead atoms. The number of rotatable bonds is 7. The number of piperidine rings is 1. The topological polar surface area (TPSA) is 44.4 Å². The van der Waals surface area contributed by atoms with Gasteiger partial charge < -0.3 is 10.6 Å². The molecule has 0 aromatic rings. The highest BCUT2D eigenvalue weighted by atomic mass is 16.1. The van der Waals surface area contributed by atoms with Crippen molar-refractivity contribution >= 4 is 5.91 Å². The number of hydrogen-bond donors (Lipinski definition) is 2. The molecule has 4 heteroatoms. The molecule has 1 atom stereocenters. The van der Waals surface area contributed by atoms with Crippen LogP contribution in [-0.2, 0) is 4.79 Å². The van der Waals surface area contributed by atoms with Crippen LogP contribution in [0.4, 0.5) is 0 Å². The van der Waals surface area contributed by atoms with E-state index in [-0.39, 0.29) is 5.91 Å². The normalized spacial score (nSPS) is 22.6. The molecule has 0 spiro atoms. The third-order valence-electron chi connectivity index (χ3n) is 5.13. The molecule has 0 saturated carbocycles. The Morgan fingerprint density at radius 1 is 1.24 bits per heavy atom. The fraction of sp³-hybridized carbons (Fsp3) is 0.941. The first kappa shape index (κ1) is 16.8. The van der Waals surface area contributed by atoms with E-state index in [1.54, 1.807) is 0 Å². The van der Waals surface area contributed by atoms with Crippen molar-refractivity contribution in [1.29, 1.82) is 0 Å². The maximum atomic E-state index is 12.1. The average molecular weight is 295 g/mol. The molecule has 0 aromatic carbocycles. The van der Waals surface area contributed by atoms with Crippen LogP contribution >= 0.6 is 0 Å². The first-order valence-electron chi connectivity index (χ1n) is 8.88. The Balaban J connectivity index is 1.66. The summed E-state index contributed by atoms with van der Waals surface area (Å²) in [5, 5.41) is 6.56. The van der Waals surface area contributed by atoms with Gasteiger partial charge in [0.2, 0.25) is 5.91 Å². The molecule has 2 heterocycles.